The molecule has 3 N–H and O–H groups in total. The number of methoxy groups -OCH3 is 1. The number of nitrogens with one attached hydrogen (secondary N) is 1. The van der Waals surface area contributed by atoms with E-state index in [1.54, 1.807) is 30.2 Å². The minimum absolute atomic E-state index is 0. The number of nitrogens with zero attached hydrogens (tertiary/aromatic N) is 1. The van der Waals surface area contributed by atoms with Gasteiger partial charge in [0, 0.05) is 24.7 Å². The Bertz CT molecular complexity index is 824. The Morgan fingerprint density at radius 1 is 1.26 bits per heavy atom. The molecule has 7 heteroatoms. The topological polar surface area (TPSA) is 84.7 Å². The number of hydrogen-bond donors (Lipinski definition) is 2. The van der Waals surface area contributed by atoms with Crippen molar-refractivity contribution in [3.05, 3.63) is 48.0 Å². The molecule has 1 atom stereocenters. The van der Waals surface area contributed by atoms with Gasteiger partial charge >= 0.3 is 0 Å². The van der Waals surface area contributed by atoms with Crippen LogP contribution in [0.15, 0.2) is 42.5 Å². The van der Waals surface area contributed by atoms with Crippen LogP contribution in [0.1, 0.15) is 18.9 Å². The minimum Gasteiger partial charge on any atom is -0.497 e. The molecule has 0 bridgehead atoms. The fourth-order valence-corrected chi connectivity index (χ4v) is 3.05. The van der Waals surface area contributed by atoms with Crippen LogP contribution in [0.5, 0.6) is 5.75 Å². The molecule has 0 aromatic heterocycles. The van der Waals surface area contributed by atoms with Crippen LogP contribution in [0, 0.1) is 5.92 Å². The summed E-state index contributed by atoms with van der Waals surface area (Å²) in [5.74, 6) is -0.0763. The zero-order valence-electron chi connectivity index (χ0n) is 15.4. The highest BCUT2D eigenvalue weighted by molar-refractivity contribution is 6.04. The van der Waals surface area contributed by atoms with Gasteiger partial charge in [-0.3, -0.25) is 9.59 Å². The average Bonchev–Trinajstić information content (AvgIpc) is 3.05. The molecular weight excluding hydrogens is 366 g/mol. The Kier molecular flexibility index (Phi) is 6.69. The van der Waals surface area contributed by atoms with Crippen molar-refractivity contribution in [2.24, 2.45) is 5.92 Å². The summed E-state index contributed by atoms with van der Waals surface area (Å²) in [6.45, 7) is 2.45. The fraction of sp³-hybridized carbons (Fsp3) is 0.300. The number of amides is 2. The molecule has 3 rings (SSSR count). The Labute approximate surface area is 165 Å². The zero-order valence-corrected chi connectivity index (χ0v) is 16.2. The molecular formula is C20H24ClN3O3. The minimum atomic E-state index is -0.418. The number of anilines is 3. The summed E-state index contributed by atoms with van der Waals surface area (Å²) in [4.78, 5) is 26.6. The van der Waals surface area contributed by atoms with E-state index in [-0.39, 0.29) is 30.6 Å². The highest BCUT2D eigenvalue weighted by Gasteiger charge is 2.35. The van der Waals surface area contributed by atoms with Crippen molar-refractivity contribution in [3.63, 3.8) is 0 Å². The summed E-state index contributed by atoms with van der Waals surface area (Å²) in [6, 6.07) is 12.9. The summed E-state index contributed by atoms with van der Waals surface area (Å²) in [7, 11) is 1.55. The second kappa shape index (κ2) is 8.77. The van der Waals surface area contributed by atoms with Crippen molar-refractivity contribution in [1.29, 1.82) is 0 Å². The maximum atomic E-state index is 12.6. The Balaban J connectivity index is 0.00000261. The van der Waals surface area contributed by atoms with Crippen molar-refractivity contribution in [2.45, 2.75) is 19.8 Å². The summed E-state index contributed by atoms with van der Waals surface area (Å²) in [5.41, 5.74) is 8.90. The lowest BCUT2D eigenvalue weighted by molar-refractivity contribution is -0.122. The van der Waals surface area contributed by atoms with Crippen LogP contribution >= 0.6 is 12.4 Å². The van der Waals surface area contributed by atoms with Crippen molar-refractivity contribution in [2.75, 3.05) is 29.6 Å². The first kappa shape index (κ1) is 20.6. The van der Waals surface area contributed by atoms with Crippen LogP contribution in [-0.2, 0) is 16.0 Å². The predicted octanol–water partition coefficient (Wildman–Crippen LogP) is 3.25. The molecule has 1 heterocycles. The van der Waals surface area contributed by atoms with E-state index in [1.165, 1.54) is 5.56 Å². The van der Waals surface area contributed by atoms with E-state index in [1.807, 2.05) is 24.3 Å². The number of nitrogen functional groups attached to an aromatic ring is 1. The van der Waals surface area contributed by atoms with Crippen molar-refractivity contribution >= 4 is 41.3 Å². The first-order valence-corrected chi connectivity index (χ1v) is 8.65. The van der Waals surface area contributed by atoms with Gasteiger partial charge in [-0.05, 0) is 36.2 Å². The summed E-state index contributed by atoms with van der Waals surface area (Å²) < 4.78 is 5.16. The van der Waals surface area contributed by atoms with Gasteiger partial charge in [0.25, 0.3) is 0 Å². The lowest BCUT2D eigenvalue weighted by Crippen LogP contribution is -2.28. The van der Waals surface area contributed by atoms with E-state index in [2.05, 4.69) is 12.2 Å². The average molecular weight is 390 g/mol. The molecule has 2 amide bonds. The van der Waals surface area contributed by atoms with Gasteiger partial charge in [-0.15, -0.1) is 12.4 Å². The Morgan fingerprint density at radius 3 is 2.59 bits per heavy atom. The van der Waals surface area contributed by atoms with Crippen LogP contribution in [0.25, 0.3) is 0 Å². The van der Waals surface area contributed by atoms with Gasteiger partial charge < -0.3 is 20.7 Å². The predicted molar refractivity (Wildman–Crippen MR) is 110 cm³/mol. The van der Waals surface area contributed by atoms with E-state index < -0.39 is 5.92 Å². The van der Waals surface area contributed by atoms with Crippen LogP contribution in [0.2, 0.25) is 0 Å². The first-order valence-electron chi connectivity index (χ1n) is 8.65. The molecule has 0 radical (unpaired) electrons. The van der Waals surface area contributed by atoms with Crippen molar-refractivity contribution in [3.8, 4) is 5.75 Å². The molecule has 0 spiro atoms. The van der Waals surface area contributed by atoms with Crippen LogP contribution in [0.3, 0.4) is 0 Å². The number of hydrogen-bond acceptors (Lipinski definition) is 4. The van der Waals surface area contributed by atoms with Crippen LogP contribution in [-0.4, -0.2) is 25.5 Å². The molecule has 0 aliphatic carbocycles. The third-order valence-corrected chi connectivity index (χ3v) is 4.67. The normalized spacial score (nSPS) is 16.0. The number of aryl methyl sites for hydroxylation is 1. The number of ether oxygens (including phenoxy) is 1. The largest absolute Gasteiger partial charge is 0.497 e. The first-order chi connectivity index (χ1) is 12.5. The van der Waals surface area contributed by atoms with Gasteiger partial charge in [0.05, 0.1) is 24.4 Å². The molecule has 1 unspecified atom stereocenters. The number of halogens is 1. The van der Waals surface area contributed by atoms with Crippen molar-refractivity contribution in [1.82, 2.24) is 0 Å². The molecule has 2 aromatic rings. The van der Waals surface area contributed by atoms with E-state index in [0.29, 0.717) is 23.7 Å². The monoisotopic (exact) mass is 389 g/mol. The Morgan fingerprint density at radius 2 is 1.96 bits per heavy atom. The van der Waals surface area contributed by atoms with Crippen LogP contribution < -0.4 is 20.7 Å². The lowest BCUT2D eigenvalue weighted by Gasteiger charge is -2.17. The number of carbonyl (C=O) groups excluding carboxylic acids is 2. The van der Waals surface area contributed by atoms with Gasteiger partial charge in [0.15, 0.2) is 0 Å². The molecule has 6 nitrogen and oxygen atoms in total. The quantitative estimate of drug-likeness (QED) is 0.769. The Hall–Kier alpha value is -2.73. The second-order valence-electron chi connectivity index (χ2n) is 6.37. The highest BCUT2D eigenvalue weighted by Crippen LogP contribution is 2.29. The van der Waals surface area contributed by atoms with Crippen LogP contribution in [0.4, 0.5) is 17.1 Å². The maximum absolute atomic E-state index is 12.6. The summed E-state index contributed by atoms with van der Waals surface area (Å²) in [5, 5.41) is 2.81. The van der Waals surface area contributed by atoms with E-state index >= 15 is 0 Å². The standard InChI is InChI=1S/C20H23N3O3.ClH/c1-3-13-4-6-15(7-5-13)23-12-14(10-19(23)24)20(25)22-18-11-16(26-2)8-9-17(18)21;/h4-9,11,14H,3,10,12,21H2,1-2H3,(H,22,25);1H. The summed E-state index contributed by atoms with van der Waals surface area (Å²) >= 11 is 0. The van der Waals surface area contributed by atoms with Gasteiger partial charge in [-0.2, -0.15) is 0 Å². The maximum Gasteiger partial charge on any atom is 0.229 e. The van der Waals surface area contributed by atoms with Gasteiger partial charge in [0.1, 0.15) is 5.75 Å². The third kappa shape index (κ3) is 4.52. The number of rotatable bonds is 5. The SMILES string of the molecule is CCc1ccc(N2CC(C(=O)Nc3cc(OC)ccc3N)CC2=O)cc1.Cl. The van der Waals surface area contributed by atoms with E-state index in [4.69, 9.17) is 10.5 Å². The number of benzene rings is 2. The second-order valence-corrected chi connectivity index (χ2v) is 6.37. The van der Waals surface area contributed by atoms with Crippen molar-refractivity contribution < 1.29 is 14.3 Å². The lowest BCUT2D eigenvalue weighted by atomic mass is 10.1. The highest BCUT2D eigenvalue weighted by atomic mass is 35.5. The third-order valence-electron chi connectivity index (χ3n) is 4.67. The molecule has 1 fully saturated rings. The molecule has 144 valence electrons. The van der Waals surface area contributed by atoms with E-state index in [9.17, 15) is 9.59 Å². The number of nitrogens with two attached hydrogens (primary N) is 1. The molecule has 27 heavy (non-hydrogen) atoms. The zero-order chi connectivity index (χ0) is 18.7. The fourth-order valence-electron chi connectivity index (χ4n) is 3.05. The van der Waals surface area contributed by atoms with Gasteiger partial charge in [-0.25, -0.2) is 0 Å². The molecule has 1 aliphatic heterocycles. The molecule has 1 aliphatic rings. The number of carbonyl (C=O) groups is 2. The van der Waals surface area contributed by atoms with Gasteiger partial charge in [0.2, 0.25) is 11.8 Å². The molecule has 2 aromatic carbocycles. The molecule has 0 saturated carbocycles. The molecule has 1 saturated heterocycles. The van der Waals surface area contributed by atoms with E-state index in [0.717, 1.165) is 12.1 Å². The van der Waals surface area contributed by atoms with Gasteiger partial charge in [-0.1, -0.05) is 19.1 Å². The smallest absolute Gasteiger partial charge is 0.229 e. The summed E-state index contributed by atoms with van der Waals surface area (Å²) in [6.07, 6.45) is 1.13.